The number of unbranched alkanes of at least 4 members (excludes halogenated alkanes) is 55. The van der Waals surface area contributed by atoms with Crippen LogP contribution in [0.25, 0.3) is 0 Å². The topological polar surface area (TPSA) is 237 Å². The molecule has 0 rings (SSSR count). The van der Waals surface area contributed by atoms with E-state index in [1.54, 1.807) is 0 Å². The second-order valence-corrected chi connectivity index (χ2v) is 38.0. The second kappa shape index (κ2) is 81.4. The highest BCUT2D eigenvalue weighted by molar-refractivity contribution is 7.47. The molecule has 6 atom stereocenters. The molecule has 0 aliphatic heterocycles. The van der Waals surface area contributed by atoms with Crippen molar-refractivity contribution in [1.29, 1.82) is 0 Å². The Labute approximate surface area is 689 Å². The summed E-state index contributed by atoms with van der Waals surface area (Å²) in [6.07, 6.45) is 73.6. The molecule has 0 radical (unpaired) electrons. The van der Waals surface area contributed by atoms with Crippen LogP contribution < -0.4 is 0 Å². The van der Waals surface area contributed by atoms with Crippen LogP contribution in [0.4, 0.5) is 0 Å². The van der Waals surface area contributed by atoms with Gasteiger partial charge in [0, 0.05) is 25.7 Å². The molecule has 0 bridgehead atoms. The van der Waals surface area contributed by atoms with Gasteiger partial charge in [-0.3, -0.25) is 37.3 Å². The van der Waals surface area contributed by atoms with Crippen LogP contribution in [0.15, 0.2) is 0 Å². The van der Waals surface area contributed by atoms with Gasteiger partial charge in [0.15, 0.2) is 12.2 Å². The molecule has 0 aromatic carbocycles. The Balaban J connectivity index is 5.25. The molecule has 3 N–H and O–H groups in total. The summed E-state index contributed by atoms with van der Waals surface area (Å²) in [5, 5.41) is 10.7. The number of esters is 4. The number of phosphoric ester groups is 2. The Bertz CT molecular complexity index is 2170. The number of phosphoric acid groups is 2. The number of rotatable bonds is 90. The van der Waals surface area contributed by atoms with E-state index in [9.17, 15) is 43.2 Å². The molecule has 0 aliphatic rings. The first-order valence-corrected chi connectivity index (χ1v) is 50.7. The maximum absolute atomic E-state index is 13.2. The lowest BCUT2D eigenvalue weighted by Crippen LogP contribution is -2.30. The second-order valence-electron chi connectivity index (χ2n) is 35.1. The monoisotopic (exact) mass is 1630 g/mol. The standard InChI is InChI=1S/C93H182O17P2/c1-9-86(8)72-64-56-48-40-32-26-22-23-29-35-43-52-60-68-76-93(98)110-89(80-104-91(96)74-66-58-50-44-36-39-47-55-63-71-85(6)7)82-108-112(101,102)106-78-87(94)77-105-111(99,100)107-81-88(109-92(97)75-67-59-51-42-34-28-21-17-13-11-15-19-25-31-38-46-54-62-70-84(4)5)79-103-90(95)73-65-57-49-41-33-27-20-16-12-10-14-18-24-30-37-45-53-61-69-83(2)3/h83-89,94H,9-82H2,1-8H3,(H,99,100)(H,101,102)/t86?,87-,88-,89-/m1/s1. The van der Waals surface area contributed by atoms with Crippen LogP contribution in [0, 0.1) is 23.7 Å². The fourth-order valence-corrected chi connectivity index (χ4v) is 16.1. The van der Waals surface area contributed by atoms with Crippen molar-refractivity contribution in [3.63, 3.8) is 0 Å². The summed E-state index contributed by atoms with van der Waals surface area (Å²) in [4.78, 5) is 73.5. The van der Waals surface area contributed by atoms with Crippen LogP contribution in [-0.4, -0.2) is 96.7 Å². The molecule has 0 aromatic heterocycles. The van der Waals surface area contributed by atoms with Gasteiger partial charge in [-0.2, -0.15) is 0 Å². The van der Waals surface area contributed by atoms with Gasteiger partial charge in [-0.15, -0.1) is 0 Å². The van der Waals surface area contributed by atoms with Gasteiger partial charge in [0.05, 0.1) is 26.4 Å². The number of carbonyl (C=O) groups is 4. The predicted octanol–water partition coefficient (Wildman–Crippen LogP) is 28.7. The number of ether oxygens (including phenoxy) is 4. The third kappa shape index (κ3) is 84.5. The summed E-state index contributed by atoms with van der Waals surface area (Å²) < 4.78 is 69.1. The zero-order valence-electron chi connectivity index (χ0n) is 74.3. The minimum absolute atomic E-state index is 0.107. The van der Waals surface area contributed by atoms with E-state index in [4.69, 9.17) is 37.0 Å². The summed E-state index contributed by atoms with van der Waals surface area (Å²) in [5.41, 5.74) is 0. The maximum atomic E-state index is 13.2. The molecule has 112 heavy (non-hydrogen) atoms. The van der Waals surface area contributed by atoms with Crippen molar-refractivity contribution in [2.45, 2.75) is 510 Å². The number of carbonyl (C=O) groups excluding carboxylic acids is 4. The lowest BCUT2D eigenvalue weighted by atomic mass is 9.99. The van der Waals surface area contributed by atoms with Crippen LogP contribution in [-0.2, 0) is 65.4 Å². The van der Waals surface area contributed by atoms with Crippen LogP contribution in [0.2, 0.25) is 0 Å². The summed E-state index contributed by atoms with van der Waals surface area (Å²) in [6, 6.07) is 0. The summed E-state index contributed by atoms with van der Waals surface area (Å²) in [7, 11) is -9.94. The molecule has 0 amide bonds. The van der Waals surface area contributed by atoms with Gasteiger partial charge in [0.1, 0.15) is 19.3 Å². The van der Waals surface area contributed by atoms with Crippen molar-refractivity contribution in [2.24, 2.45) is 23.7 Å². The van der Waals surface area contributed by atoms with Gasteiger partial charge in [-0.05, 0) is 49.4 Å². The fraction of sp³-hybridized carbons (Fsp3) is 0.957. The molecule has 666 valence electrons. The van der Waals surface area contributed by atoms with E-state index in [-0.39, 0.29) is 25.7 Å². The lowest BCUT2D eigenvalue weighted by Gasteiger charge is -2.21. The zero-order chi connectivity index (χ0) is 82.3. The van der Waals surface area contributed by atoms with E-state index in [0.717, 1.165) is 114 Å². The van der Waals surface area contributed by atoms with Gasteiger partial charge < -0.3 is 33.8 Å². The third-order valence-electron chi connectivity index (χ3n) is 22.2. The molecular weight excluding hydrogens is 1450 g/mol. The van der Waals surface area contributed by atoms with Crippen molar-refractivity contribution in [3.8, 4) is 0 Å². The van der Waals surface area contributed by atoms with E-state index in [1.807, 2.05) is 0 Å². The Kier molecular flexibility index (Phi) is 80.0. The Hall–Kier alpha value is -1.94. The average Bonchev–Trinajstić information content (AvgIpc) is 0.896. The molecule has 0 heterocycles. The first-order chi connectivity index (χ1) is 54.1. The van der Waals surface area contributed by atoms with E-state index < -0.39 is 97.5 Å². The molecular formula is C93H182O17P2. The van der Waals surface area contributed by atoms with Crippen LogP contribution in [0.1, 0.15) is 492 Å². The first kappa shape index (κ1) is 110. The summed E-state index contributed by atoms with van der Waals surface area (Å²) in [5.74, 6) is 1.13. The van der Waals surface area contributed by atoms with Gasteiger partial charge >= 0.3 is 39.5 Å². The smallest absolute Gasteiger partial charge is 0.462 e. The van der Waals surface area contributed by atoms with E-state index in [2.05, 4.69) is 55.4 Å². The highest BCUT2D eigenvalue weighted by atomic mass is 31.2. The summed E-state index contributed by atoms with van der Waals surface area (Å²) >= 11 is 0. The number of aliphatic hydroxyl groups is 1. The zero-order valence-corrected chi connectivity index (χ0v) is 76.1. The molecule has 0 fully saturated rings. The van der Waals surface area contributed by atoms with Gasteiger partial charge in [-0.1, -0.05) is 441 Å². The van der Waals surface area contributed by atoms with Crippen molar-refractivity contribution in [3.05, 3.63) is 0 Å². The van der Waals surface area contributed by atoms with Crippen LogP contribution in [0.3, 0.4) is 0 Å². The van der Waals surface area contributed by atoms with E-state index >= 15 is 0 Å². The summed E-state index contributed by atoms with van der Waals surface area (Å²) in [6.45, 7) is 14.4. The van der Waals surface area contributed by atoms with Crippen LogP contribution in [0.5, 0.6) is 0 Å². The fourth-order valence-electron chi connectivity index (χ4n) is 14.5. The SMILES string of the molecule is CCC(C)CCCCCCCCCCCCCCCCC(=O)O[C@H](COC(=O)CCCCCCCCCCCC(C)C)COP(=O)(O)OC[C@H](O)COP(=O)(O)OC[C@@H](COC(=O)CCCCCCCCCCCCCCCCCCCCC(C)C)OC(=O)CCCCCCCCCCCCCCCCCCCCC(C)C. The number of hydrogen-bond acceptors (Lipinski definition) is 15. The quantitative estimate of drug-likeness (QED) is 0.0222. The van der Waals surface area contributed by atoms with Gasteiger partial charge in [0.2, 0.25) is 0 Å². The molecule has 17 nitrogen and oxygen atoms in total. The molecule has 0 aliphatic carbocycles. The number of aliphatic hydroxyl groups excluding tert-OH is 1. The highest BCUT2D eigenvalue weighted by Gasteiger charge is 2.31. The Morgan fingerprint density at radius 2 is 0.429 bits per heavy atom. The highest BCUT2D eigenvalue weighted by Crippen LogP contribution is 2.45. The van der Waals surface area contributed by atoms with Crippen molar-refractivity contribution >= 4 is 39.5 Å². The molecule has 0 saturated heterocycles. The Morgan fingerprint density at radius 3 is 0.634 bits per heavy atom. The predicted molar refractivity (Wildman–Crippen MR) is 464 cm³/mol. The molecule has 3 unspecified atom stereocenters. The van der Waals surface area contributed by atoms with Gasteiger partial charge in [-0.25, -0.2) is 9.13 Å². The largest absolute Gasteiger partial charge is 0.472 e. The first-order valence-electron chi connectivity index (χ1n) is 47.7. The molecule has 0 aromatic rings. The molecule has 0 spiro atoms. The van der Waals surface area contributed by atoms with Crippen molar-refractivity contribution in [1.82, 2.24) is 0 Å². The van der Waals surface area contributed by atoms with E-state index in [1.165, 1.54) is 295 Å². The average molecular weight is 1630 g/mol. The molecule has 0 saturated carbocycles. The minimum atomic E-state index is -4.97. The maximum Gasteiger partial charge on any atom is 0.472 e. The van der Waals surface area contributed by atoms with Crippen molar-refractivity contribution in [2.75, 3.05) is 39.6 Å². The van der Waals surface area contributed by atoms with E-state index in [0.29, 0.717) is 25.7 Å². The lowest BCUT2D eigenvalue weighted by molar-refractivity contribution is -0.161. The molecule has 19 heteroatoms. The van der Waals surface area contributed by atoms with Crippen molar-refractivity contribution < 1.29 is 80.2 Å². The number of hydrogen-bond donors (Lipinski definition) is 3. The van der Waals surface area contributed by atoms with Gasteiger partial charge in [0.25, 0.3) is 0 Å². The van der Waals surface area contributed by atoms with Crippen LogP contribution >= 0.6 is 15.6 Å². The third-order valence-corrected chi connectivity index (χ3v) is 24.1. The minimum Gasteiger partial charge on any atom is -0.462 e. The Morgan fingerprint density at radius 1 is 0.250 bits per heavy atom. The normalized spacial score (nSPS) is 14.1.